The Morgan fingerprint density at radius 1 is 1.27 bits per heavy atom. The van der Waals surface area contributed by atoms with Gasteiger partial charge in [-0.15, -0.1) is 11.8 Å². The lowest BCUT2D eigenvalue weighted by atomic mass is 10.1. The second-order valence-electron chi connectivity index (χ2n) is 7.37. The van der Waals surface area contributed by atoms with E-state index >= 15 is 0 Å². The molecule has 4 nitrogen and oxygen atoms in total. The molecule has 6 heteroatoms. The van der Waals surface area contributed by atoms with E-state index in [2.05, 4.69) is 41.6 Å². The molecule has 0 bridgehead atoms. The molecule has 30 heavy (non-hydrogen) atoms. The highest BCUT2D eigenvalue weighted by Gasteiger charge is 2.19. The fraction of sp³-hybridized carbons (Fsp3) is 0.458. The van der Waals surface area contributed by atoms with Gasteiger partial charge in [-0.2, -0.15) is 0 Å². The molecule has 164 valence electrons. The summed E-state index contributed by atoms with van der Waals surface area (Å²) in [6, 6.07) is 5.91. The Bertz CT molecular complexity index is 831. The smallest absolute Gasteiger partial charge is 0.0837 e. The van der Waals surface area contributed by atoms with Crippen LogP contribution >= 0.6 is 23.4 Å². The van der Waals surface area contributed by atoms with E-state index < -0.39 is 6.10 Å². The molecule has 2 unspecified atom stereocenters. The average Bonchev–Trinajstić information content (AvgIpc) is 3.05. The van der Waals surface area contributed by atoms with Gasteiger partial charge in [0.15, 0.2) is 0 Å². The molecule has 0 aliphatic rings. The van der Waals surface area contributed by atoms with E-state index in [0.717, 1.165) is 52.6 Å². The minimum absolute atomic E-state index is 0.123. The molecule has 0 aromatic carbocycles. The lowest BCUT2D eigenvalue weighted by Crippen LogP contribution is -2.09. The standard InChI is InChI=1S/C24H33ClN2O2S/c1-4-5-6-7-8-9-21(25)14-18(2)30-24-15-22(19(3)29)23(17-28)27(24)16-20-10-12-26-13-11-20/h5-6,10-15,18-19,28-29H,4,7-9,16-17H2,1-3H3/b6-5-,21-14+. The zero-order valence-electron chi connectivity index (χ0n) is 18.1. The van der Waals surface area contributed by atoms with Crippen LogP contribution in [0.25, 0.3) is 0 Å². The molecule has 2 atom stereocenters. The Balaban J connectivity index is 2.16. The minimum atomic E-state index is -0.643. The lowest BCUT2D eigenvalue weighted by Gasteiger charge is -2.15. The summed E-state index contributed by atoms with van der Waals surface area (Å²) < 4.78 is 2.08. The molecular formula is C24H33ClN2O2S. The van der Waals surface area contributed by atoms with Crippen LogP contribution in [0.5, 0.6) is 0 Å². The molecule has 2 rings (SSSR count). The van der Waals surface area contributed by atoms with Gasteiger partial charge in [0.05, 0.1) is 23.4 Å². The number of thioether (sulfide) groups is 1. The summed E-state index contributed by atoms with van der Waals surface area (Å²) in [5.41, 5.74) is 2.60. The number of rotatable bonds is 12. The van der Waals surface area contributed by atoms with Crippen molar-refractivity contribution in [3.8, 4) is 0 Å². The van der Waals surface area contributed by atoms with Crippen molar-refractivity contribution in [3.05, 3.63) is 70.7 Å². The highest BCUT2D eigenvalue weighted by Crippen LogP contribution is 2.33. The lowest BCUT2D eigenvalue weighted by molar-refractivity contribution is 0.192. The number of hydrogen-bond acceptors (Lipinski definition) is 4. The molecule has 2 aromatic heterocycles. The quantitative estimate of drug-likeness (QED) is 0.230. The summed E-state index contributed by atoms with van der Waals surface area (Å²) in [6.45, 7) is 6.48. The molecule has 2 heterocycles. The van der Waals surface area contributed by atoms with E-state index in [4.69, 9.17) is 11.6 Å². The fourth-order valence-electron chi connectivity index (χ4n) is 3.30. The van der Waals surface area contributed by atoms with Crippen LogP contribution in [0.4, 0.5) is 0 Å². The maximum Gasteiger partial charge on any atom is 0.0837 e. The second-order valence-corrected chi connectivity index (χ2v) is 9.25. The van der Waals surface area contributed by atoms with Gasteiger partial charge in [0.2, 0.25) is 0 Å². The zero-order valence-corrected chi connectivity index (χ0v) is 19.7. The number of aliphatic hydroxyl groups excluding tert-OH is 2. The molecule has 0 aliphatic carbocycles. The minimum Gasteiger partial charge on any atom is -0.390 e. The van der Waals surface area contributed by atoms with E-state index in [1.165, 1.54) is 0 Å². The Morgan fingerprint density at radius 3 is 2.63 bits per heavy atom. The summed E-state index contributed by atoms with van der Waals surface area (Å²) >= 11 is 8.15. The van der Waals surface area contributed by atoms with Gasteiger partial charge in [-0.05, 0) is 63.3 Å². The third-order valence-electron chi connectivity index (χ3n) is 4.80. The molecule has 0 fully saturated rings. The molecule has 0 aliphatic heterocycles. The van der Waals surface area contributed by atoms with Crippen molar-refractivity contribution in [2.75, 3.05) is 0 Å². The van der Waals surface area contributed by atoms with Crippen molar-refractivity contribution in [2.45, 2.75) is 76.0 Å². The second kappa shape index (κ2) is 13.0. The summed E-state index contributed by atoms with van der Waals surface area (Å²) in [6.07, 6.45) is 13.4. The molecule has 0 saturated carbocycles. The monoisotopic (exact) mass is 448 g/mol. The predicted octanol–water partition coefficient (Wildman–Crippen LogP) is 6.22. The van der Waals surface area contributed by atoms with Crippen LogP contribution in [-0.2, 0) is 13.2 Å². The van der Waals surface area contributed by atoms with E-state index in [1.54, 1.807) is 31.1 Å². The first-order chi connectivity index (χ1) is 14.5. The number of allylic oxidation sites excluding steroid dienone is 3. The molecule has 2 aromatic rings. The summed E-state index contributed by atoms with van der Waals surface area (Å²) in [5, 5.41) is 22.2. The van der Waals surface area contributed by atoms with Crippen LogP contribution in [-0.4, -0.2) is 25.0 Å². The maximum atomic E-state index is 10.2. The Morgan fingerprint density at radius 2 is 2.00 bits per heavy atom. The average molecular weight is 449 g/mol. The van der Waals surface area contributed by atoms with Crippen molar-refractivity contribution in [3.63, 3.8) is 0 Å². The van der Waals surface area contributed by atoms with E-state index in [9.17, 15) is 10.2 Å². The number of aliphatic hydroxyl groups is 2. The van der Waals surface area contributed by atoms with Gasteiger partial charge in [-0.1, -0.05) is 36.8 Å². The molecular weight excluding hydrogens is 416 g/mol. The van der Waals surface area contributed by atoms with Crippen molar-refractivity contribution < 1.29 is 10.2 Å². The van der Waals surface area contributed by atoms with Crippen molar-refractivity contribution in [1.29, 1.82) is 0 Å². The van der Waals surface area contributed by atoms with Gasteiger partial charge in [0.25, 0.3) is 0 Å². The summed E-state index contributed by atoms with van der Waals surface area (Å²) in [5.74, 6) is 0. The molecule has 0 radical (unpaired) electrons. The predicted molar refractivity (Wildman–Crippen MR) is 127 cm³/mol. The first-order valence-electron chi connectivity index (χ1n) is 10.5. The molecule has 0 amide bonds. The molecule has 2 N–H and O–H groups in total. The number of unbranched alkanes of at least 4 members (excludes halogenated alkanes) is 1. The van der Waals surface area contributed by atoms with Crippen LogP contribution < -0.4 is 0 Å². The van der Waals surface area contributed by atoms with Crippen LogP contribution in [0.1, 0.15) is 69.4 Å². The van der Waals surface area contributed by atoms with Gasteiger partial charge in [0, 0.05) is 34.8 Å². The van der Waals surface area contributed by atoms with Gasteiger partial charge >= 0.3 is 0 Å². The third-order valence-corrected chi connectivity index (χ3v) is 6.21. The van der Waals surface area contributed by atoms with Crippen molar-refractivity contribution >= 4 is 23.4 Å². The normalized spacial score (nSPS) is 14.4. The Kier molecular flexibility index (Phi) is 10.7. The fourth-order valence-corrected chi connectivity index (χ4v) is 4.81. The first-order valence-corrected chi connectivity index (χ1v) is 11.8. The van der Waals surface area contributed by atoms with Crippen LogP contribution in [0.15, 0.2) is 58.9 Å². The highest BCUT2D eigenvalue weighted by molar-refractivity contribution is 8.00. The summed E-state index contributed by atoms with van der Waals surface area (Å²) in [7, 11) is 0. The highest BCUT2D eigenvalue weighted by atomic mass is 35.5. The zero-order chi connectivity index (χ0) is 21.9. The van der Waals surface area contributed by atoms with Crippen molar-refractivity contribution in [2.24, 2.45) is 0 Å². The van der Waals surface area contributed by atoms with Gasteiger partial charge < -0.3 is 14.8 Å². The topological polar surface area (TPSA) is 58.3 Å². The number of halogens is 1. The van der Waals surface area contributed by atoms with E-state index in [-0.39, 0.29) is 11.9 Å². The molecule has 0 saturated heterocycles. The summed E-state index contributed by atoms with van der Waals surface area (Å²) in [4.78, 5) is 4.08. The van der Waals surface area contributed by atoms with E-state index in [1.807, 2.05) is 18.2 Å². The number of hydrogen-bond donors (Lipinski definition) is 2. The van der Waals surface area contributed by atoms with Gasteiger partial charge in [0.1, 0.15) is 0 Å². The SMILES string of the molecule is CC/C=C\CCC/C(Cl)=C\C(C)Sc1cc(C(C)O)c(CO)n1Cc1ccncc1. The van der Waals surface area contributed by atoms with Gasteiger partial charge in [-0.25, -0.2) is 0 Å². The Labute approximate surface area is 189 Å². The first kappa shape index (κ1) is 24.7. The number of nitrogens with zero attached hydrogens (tertiary/aromatic N) is 2. The van der Waals surface area contributed by atoms with Crippen LogP contribution in [0, 0.1) is 0 Å². The van der Waals surface area contributed by atoms with Crippen LogP contribution in [0.3, 0.4) is 0 Å². The largest absolute Gasteiger partial charge is 0.390 e. The Hall–Kier alpha value is -1.53. The number of aromatic nitrogens is 2. The third kappa shape index (κ3) is 7.62. The van der Waals surface area contributed by atoms with Crippen LogP contribution in [0.2, 0.25) is 0 Å². The number of pyridine rings is 1. The van der Waals surface area contributed by atoms with Crippen molar-refractivity contribution in [1.82, 2.24) is 9.55 Å². The van der Waals surface area contributed by atoms with Gasteiger partial charge in [-0.3, -0.25) is 4.98 Å². The van der Waals surface area contributed by atoms with E-state index in [0.29, 0.717) is 6.54 Å². The maximum absolute atomic E-state index is 10.2. The molecule has 0 spiro atoms.